The first-order valence-corrected chi connectivity index (χ1v) is 7.33. The van der Waals surface area contributed by atoms with Gasteiger partial charge in [-0.2, -0.15) is 0 Å². The average Bonchev–Trinajstić information content (AvgIpc) is 2.99. The van der Waals surface area contributed by atoms with E-state index in [0.717, 1.165) is 23.8 Å². The van der Waals surface area contributed by atoms with Crippen LogP contribution in [0.25, 0.3) is 11.0 Å². The lowest BCUT2D eigenvalue weighted by molar-refractivity contribution is 0.458. The molecule has 0 saturated heterocycles. The topological polar surface area (TPSA) is 17.8 Å². The minimum Gasteiger partial charge on any atom is -0.327 e. The molecule has 3 rings (SSSR count). The molecule has 0 aliphatic heterocycles. The molecule has 0 atom stereocenters. The van der Waals surface area contributed by atoms with Crippen molar-refractivity contribution in [3.05, 3.63) is 29.6 Å². The van der Waals surface area contributed by atoms with Crippen LogP contribution in [0.2, 0.25) is 0 Å². The summed E-state index contributed by atoms with van der Waals surface area (Å²) in [4.78, 5) is 4.70. The second-order valence-corrected chi connectivity index (χ2v) is 5.63. The molecule has 2 nitrogen and oxygen atoms in total. The number of imidazole rings is 1. The Labute approximate surface area is 113 Å². The number of hydrogen-bond donors (Lipinski definition) is 0. The third-order valence-corrected chi connectivity index (χ3v) is 4.33. The number of alkyl halides is 1. The molecule has 2 aromatic rings. The smallest absolute Gasteiger partial charge is 0.124 e. The van der Waals surface area contributed by atoms with Gasteiger partial charge in [-0.15, -0.1) is 11.6 Å². The molecule has 1 heterocycles. The minimum absolute atomic E-state index is 0.501. The Balaban J connectivity index is 2.04. The number of nitrogens with zero attached hydrogens (tertiary/aromatic N) is 2. The minimum atomic E-state index is 0.501. The monoisotopic (exact) mass is 262 g/mol. The average molecular weight is 263 g/mol. The summed E-state index contributed by atoms with van der Waals surface area (Å²) in [5.41, 5.74) is 3.60. The van der Waals surface area contributed by atoms with Crippen molar-refractivity contribution in [2.24, 2.45) is 5.92 Å². The molecule has 0 spiro atoms. The molecule has 3 heteroatoms. The molecule has 0 radical (unpaired) electrons. The van der Waals surface area contributed by atoms with Gasteiger partial charge < -0.3 is 4.57 Å². The van der Waals surface area contributed by atoms with Crippen molar-refractivity contribution in [2.75, 3.05) is 0 Å². The summed E-state index contributed by atoms with van der Waals surface area (Å²) >= 11 is 6.06. The second-order valence-electron chi connectivity index (χ2n) is 5.37. The van der Waals surface area contributed by atoms with Crippen molar-refractivity contribution in [1.29, 1.82) is 0 Å². The Morgan fingerprint density at radius 3 is 2.83 bits per heavy atom. The van der Waals surface area contributed by atoms with Gasteiger partial charge in [-0.05, 0) is 37.3 Å². The maximum absolute atomic E-state index is 6.06. The van der Waals surface area contributed by atoms with Crippen LogP contribution in [0.3, 0.4) is 0 Å². The predicted molar refractivity (Wildman–Crippen MR) is 76.0 cm³/mol. The molecule has 1 aliphatic rings. The van der Waals surface area contributed by atoms with Gasteiger partial charge in [-0.1, -0.05) is 25.0 Å². The van der Waals surface area contributed by atoms with Gasteiger partial charge in [0.1, 0.15) is 5.82 Å². The Morgan fingerprint density at radius 2 is 2.11 bits per heavy atom. The fraction of sp³-hybridized carbons (Fsp3) is 0.533. The van der Waals surface area contributed by atoms with E-state index >= 15 is 0 Å². The van der Waals surface area contributed by atoms with Crippen molar-refractivity contribution in [2.45, 2.75) is 45.0 Å². The van der Waals surface area contributed by atoms with Gasteiger partial charge >= 0.3 is 0 Å². The van der Waals surface area contributed by atoms with Crippen LogP contribution in [0.15, 0.2) is 18.2 Å². The van der Waals surface area contributed by atoms with Crippen molar-refractivity contribution in [1.82, 2.24) is 9.55 Å². The van der Waals surface area contributed by atoms with E-state index in [4.69, 9.17) is 16.6 Å². The molecule has 96 valence electrons. The van der Waals surface area contributed by atoms with Gasteiger partial charge in [-0.25, -0.2) is 4.98 Å². The van der Waals surface area contributed by atoms with Crippen LogP contribution >= 0.6 is 11.6 Å². The normalized spacial score (nSPS) is 16.8. The second kappa shape index (κ2) is 4.93. The first-order chi connectivity index (χ1) is 8.79. The van der Waals surface area contributed by atoms with Crippen molar-refractivity contribution >= 4 is 22.6 Å². The first kappa shape index (κ1) is 12.0. The first-order valence-electron chi connectivity index (χ1n) is 6.80. The van der Waals surface area contributed by atoms with Gasteiger partial charge in [0, 0.05) is 6.54 Å². The summed E-state index contributed by atoms with van der Waals surface area (Å²) in [6.45, 7) is 3.20. The van der Waals surface area contributed by atoms with Crippen LogP contribution in [-0.2, 0) is 12.4 Å². The summed E-state index contributed by atoms with van der Waals surface area (Å²) in [6.07, 6.45) is 5.47. The summed E-state index contributed by atoms with van der Waals surface area (Å²) in [6, 6.07) is 6.40. The van der Waals surface area contributed by atoms with E-state index in [-0.39, 0.29) is 0 Å². The van der Waals surface area contributed by atoms with E-state index in [9.17, 15) is 0 Å². The zero-order valence-corrected chi connectivity index (χ0v) is 11.6. The van der Waals surface area contributed by atoms with E-state index in [1.165, 1.54) is 36.8 Å². The highest BCUT2D eigenvalue weighted by Crippen LogP contribution is 2.29. The molecule has 1 aliphatic carbocycles. The van der Waals surface area contributed by atoms with Gasteiger partial charge in [-0.3, -0.25) is 0 Å². The molecule has 0 amide bonds. The number of para-hydroxylation sites is 1. The number of rotatable bonds is 3. The molecule has 1 saturated carbocycles. The molecular weight excluding hydrogens is 244 g/mol. The van der Waals surface area contributed by atoms with Gasteiger partial charge in [0.15, 0.2) is 0 Å². The Kier molecular flexibility index (Phi) is 3.29. The molecule has 1 fully saturated rings. The molecule has 18 heavy (non-hydrogen) atoms. The zero-order chi connectivity index (χ0) is 12.5. The maximum Gasteiger partial charge on any atom is 0.124 e. The number of hydrogen-bond acceptors (Lipinski definition) is 1. The third-order valence-electron chi connectivity index (χ3n) is 4.09. The molecular formula is C15H19ClN2. The van der Waals surface area contributed by atoms with Gasteiger partial charge in [0.25, 0.3) is 0 Å². The summed E-state index contributed by atoms with van der Waals surface area (Å²) in [7, 11) is 0. The van der Waals surface area contributed by atoms with Crippen LogP contribution in [0.4, 0.5) is 0 Å². The highest BCUT2D eigenvalue weighted by molar-refractivity contribution is 6.16. The molecule has 0 bridgehead atoms. The number of benzene rings is 1. The van der Waals surface area contributed by atoms with Crippen LogP contribution in [-0.4, -0.2) is 9.55 Å². The molecule has 0 unspecified atom stereocenters. The lowest BCUT2D eigenvalue weighted by Crippen LogP contribution is -2.09. The highest BCUT2D eigenvalue weighted by Gasteiger charge is 2.19. The fourth-order valence-electron chi connectivity index (χ4n) is 3.09. The van der Waals surface area contributed by atoms with Crippen molar-refractivity contribution in [3.63, 3.8) is 0 Å². The molecule has 1 aromatic carbocycles. The van der Waals surface area contributed by atoms with E-state index in [1.54, 1.807) is 0 Å². The Hall–Kier alpha value is -1.02. The van der Waals surface area contributed by atoms with Gasteiger partial charge in [0.05, 0.1) is 16.9 Å². The quantitative estimate of drug-likeness (QED) is 0.755. The number of aromatic nitrogens is 2. The van der Waals surface area contributed by atoms with Crippen LogP contribution in [0.5, 0.6) is 0 Å². The van der Waals surface area contributed by atoms with Crippen molar-refractivity contribution < 1.29 is 0 Å². The zero-order valence-electron chi connectivity index (χ0n) is 10.8. The van der Waals surface area contributed by atoms with Crippen LogP contribution in [0, 0.1) is 12.8 Å². The number of halogens is 1. The summed E-state index contributed by atoms with van der Waals surface area (Å²) in [5, 5.41) is 0. The van der Waals surface area contributed by atoms with Crippen molar-refractivity contribution in [3.8, 4) is 0 Å². The third kappa shape index (κ3) is 2.03. The Morgan fingerprint density at radius 1 is 1.33 bits per heavy atom. The predicted octanol–water partition coefficient (Wildman–Crippen LogP) is 4.27. The number of aryl methyl sites for hydroxylation is 1. The SMILES string of the molecule is Cc1cccc2c1nc(CCl)n2CC1CCCC1. The van der Waals surface area contributed by atoms with Gasteiger partial charge in [0.2, 0.25) is 0 Å². The Bertz CT molecular complexity index is 553. The maximum atomic E-state index is 6.06. The van der Waals surface area contributed by atoms with E-state index in [1.807, 2.05) is 0 Å². The fourth-order valence-corrected chi connectivity index (χ4v) is 3.30. The molecule has 0 N–H and O–H groups in total. The highest BCUT2D eigenvalue weighted by atomic mass is 35.5. The standard InChI is InChI=1S/C15H19ClN2/c1-11-5-4-8-13-15(11)17-14(9-16)18(13)10-12-6-2-3-7-12/h4-5,8,12H,2-3,6-7,9-10H2,1H3. The van der Waals surface area contributed by atoms with E-state index in [0.29, 0.717) is 5.88 Å². The lowest BCUT2D eigenvalue weighted by Gasteiger charge is -2.13. The summed E-state index contributed by atoms with van der Waals surface area (Å²) in [5.74, 6) is 2.33. The van der Waals surface area contributed by atoms with Crippen LogP contribution in [0.1, 0.15) is 37.1 Å². The van der Waals surface area contributed by atoms with E-state index in [2.05, 4.69) is 29.7 Å². The number of fused-ring (bicyclic) bond motifs is 1. The van der Waals surface area contributed by atoms with Crippen LogP contribution < -0.4 is 0 Å². The molecule has 1 aromatic heterocycles. The lowest BCUT2D eigenvalue weighted by atomic mass is 10.1. The largest absolute Gasteiger partial charge is 0.327 e. The summed E-state index contributed by atoms with van der Waals surface area (Å²) < 4.78 is 2.34. The van der Waals surface area contributed by atoms with E-state index < -0.39 is 0 Å².